The van der Waals surface area contributed by atoms with Gasteiger partial charge in [0.05, 0.1) is 6.61 Å². The Balaban J connectivity index is 2.52. The van der Waals surface area contributed by atoms with Crippen LogP contribution in [0.4, 0.5) is 0 Å². The van der Waals surface area contributed by atoms with Crippen LogP contribution in [-0.4, -0.2) is 18.1 Å². The van der Waals surface area contributed by atoms with Gasteiger partial charge in [-0.25, -0.2) is 0 Å². The van der Waals surface area contributed by atoms with Crippen LogP contribution in [0.5, 0.6) is 5.75 Å². The monoisotopic (exact) mass is 242 g/mol. The molecule has 0 fully saturated rings. The van der Waals surface area contributed by atoms with Crippen molar-refractivity contribution in [2.75, 3.05) is 18.1 Å². The average molecular weight is 242 g/mol. The molecule has 84 valence electrons. The highest BCUT2D eigenvalue weighted by atomic mass is 32.1. The van der Waals surface area contributed by atoms with Crippen LogP contribution in [-0.2, 0) is 6.42 Å². The van der Waals surface area contributed by atoms with Gasteiger partial charge < -0.3 is 4.74 Å². The Hall–Kier alpha value is -0.280. The summed E-state index contributed by atoms with van der Waals surface area (Å²) < 4.78 is 5.70. The lowest BCUT2D eigenvalue weighted by Crippen LogP contribution is -2.01. The molecule has 0 spiro atoms. The van der Waals surface area contributed by atoms with Crippen molar-refractivity contribution >= 4 is 25.3 Å². The van der Waals surface area contributed by atoms with Crippen molar-refractivity contribution in [1.29, 1.82) is 0 Å². The van der Waals surface area contributed by atoms with E-state index in [4.69, 9.17) is 4.74 Å². The van der Waals surface area contributed by atoms with Crippen LogP contribution in [0.1, 0.15) is 18.4 Å². The maximum absolute atomic E-state index is 5.70. The van der Waals surface area contributed by atoms with E-state index >= 15 is 0 Å². The first-order chi connectivity index (χ1) is 7.38. The molecule has 0 bridgehead atoms. The van der Waals surface area contributed by atoms with Crippen molar-refractivity contribution in [3.05, 3.63) is 29.8 Å². The number of para-hydroxylation sites is 1. The van der Waals surface area contributed by atoms with Crippen LogP contribution >= 0.6 is 25.3 Å². The molecule has 0 aliphatic rings. The van der Waals surface area contributed by atoms with Gasteiger partial charge in [0.2, 0.25) is 0 Å². The van der Waals surface area contributed by atoms with Crippen LogP contribution in [0.2, 0.25) is 0 Å². The van der Waals surface area contributed by atoms with Crippen molar-refractivity contribution in [3.8, 4) is 5.75 Å². The Morgan fingerprint density at radius 2 is 1.73 bits per heavy atom. The highest BCUT2D eigenvalue weighted by Gasteiger charge is 2.01. The van der Waals surface area contributed by atoms with E-state index < -0.39 is 0 Å². The Morgan fingerprint density at radius 1 is 1.00 bits per heavy atom. The second-order valence-electron chi connectivity index (χ2n) is 3.36. The van der Waals surface area contributed by atoms with Crippen molar-refractivity contribution in [3.63, 3.8) is 0 Å². The van der Waals surface area contributed by atoms with Gasteiger partial charge in [-0.1, -0.05) is 18.2 Å². The van der Waals surface area contributed by atoms with E-state index in [0.717, 1.165) is 43.1 Å². The normalized spacial score (nSPS) is 10.3. The molecule has 0 radical (unpaired) electrons. The summed E-state index contributed by atoms with van der Waals surface area (Å²) in [6, 6.07) is 8.23. The lowest BCUT2D eigenvalue weighted by atomic mass is 10.1. The third kappa shape index (κ3) is 4.85. The van der Waals surface area contributed by atoms with Crippen molar-refractivity contribution in [1.82, 2.24) is 0 Å². The molecule has 0 saturated carbocycles. The number of hydrogen-bond acceptors (Lipinski definition) is 3. The second-order valence-corrected chi connectivity index (χ2v) is 4.25. The van der Waals surface area contributed by atoms with Gasteiger partial charge in [-0.2, -0.15) is 25.3 Å². The molecule has 0 N–H and O–H groups in total. The first kappa shape index (κ1) is 12.8. The van der Waals surface area contributed by atoms with E-state index in [1.165, 1.54) is 5.56 Å². The lowest BCUT2D eigenvalue weighted by molar-refractivity contribution is 0.315. The van der Waals surface area contributed by atoms with Crippen LogP contribution in [0, 0.1) is 0 Å². The Morgan fingerprint density at radius 3 is 2.47 bits per heavy atom. The fraction of sp³-hybridized carbons (Fsp3) is 0.500. The second kappa shape index (κ2) is 7.94. The smallest absolute Gasteiger partial charge is 0.122 e. The molecule has 0 saturated heterocycles. The summed E-state index contributed by atoms with van der Waals surface area (Å²) in [6.45, 7) is 0.751. The molecule has 1 rings (SSSR count). The summed E-state index contributed by atoms with van der Waals surface area (Å²) in [5.41, 5.74) is 1.28. The summed E-state index contributed by atoms with van der Waals surface area (Å²) in [4.78, 5) is 0. The van der Waals surface area contributed by atoms with E-state index in [9.17, 15) is 0 Å². The Labute approximate surface area is 103 Å². The number of ether oxygens (including phenoxy) is 1. The lowest BCUT2D eigenvalue weighted by Gasteiger charge is -2.10. The molecule has 0 heterocycles. The van der Waals surface area contributed by atoms with Gasteiger partial charge in [-0.3, -0.25) is 0 Å². The molecule has 1 aromatic rings. The van der Waals surface area contributed by atoms with Gasteiger partial charge in [0.15, 0.2) is 0 Å². The molecule has 0 amide bonds. The molecule has 1 aromatic carbocycles. The van der Waals surface area contributed by atoms with Gasteiger partial charge in [0.1, 0.15) is 5.75 Å². The van der Waals surface area contributed by atoms with Crippen molar-refractivity contribution in [2.24, 2.45) is 0 Å². The number of thiol groups is 2. The number of benzene rings is 1. The van der Waals surface area contributed by atoms with Gasteiger partial charge >= 0.3 is 0 Å². The molecule has 15 heavy (non-hydrogen) atoms. The molecule has 0 aromatic heterocycles. The van der Waals surface area contributed by atoms with Gasteiger partial charge in [-0.05, 0) is 42.4 Å². The fourth-order valence-electron chi connectivity index (χ4n) is 1.37. The van der Waals surface area contributed by atoms with Crippen LogP contribution in [0.3, 0.4) is 0 Å². The Bertz CT molecular complexity index is 276. The van der Waals surface area contributed by atoms with E-state index in [2.05, 4.69) is 37.4 Å². The summed E-state index contributed by atoms with van der Waals surface area (Å²) in [7, 11) is 0. The first-order valence-corrected chi connectivity index (χ1v) is 6.57. The number of rotatable bonds is 7. The molecular formula is C12H18OS2. The maximum atomic E-state index is 5.70. The minimum Gasteiger partial charge on any atom is -0.493 e. The predicted molar refractivity (Wildman–Crippen MR) is 72.6 cm³/mol. The van der Waals surface area contributed by atoms with E-state index in [1.54, 1.807) is 0 Å². The van der Waals surface area contributed by atoms with Crippen molar-refractivity contribution < 1.29 is 4.74 Å². The molecule has 3 heteroatoms. The third-order valence-electron chi connectivity index (χ3n) is 2.14. The van der Waals surface area contributed by atoms with Gasteiger partial charge in [0, 0.05) is 0 Å². The summed E-state index contributed by atoms with van der Waals surface area (Å²) in [5.74, 6) is 2.81. The number of hydrogen-bond donors (Lipinski definition) is 2. The average Bonchev–Trinajstić information content (AvgIpc) is 2.28. The van der Waals surface area contributed by atoms with Gasteiger partial charge in [0.25, 0.3) is 0 Å². The standard InChI is InChI=1S/C12H18OS2/c14-9-3-6-11-5-1-2-7-12(11)13-8-4-10-15/h1-2,5,7,14-15H,3-4,6,8-10H2. The third-order valence-corrected chi connectivity index (χ3v) is 2.77. The van der Waals surface area contributed by atoms with Crippen LogP contribution in [0.15, 0.2) is 24.3 Å². The Kier molecular flexibility index (Phi) is 6.77. The zero-order valence-electron chi connectivity index (χ0n) is 8.85. The van der Waals surface area contributed by atoms with E-state index in [-0.39, 0.29) is 0 Å². The topological polar surface area (TPSA) is 9.23 Å². The van der Waals surface area contributed by atoms with Gasteiger partial charge in [-0.15, -0.1) is 0 Å². The molecule has 0 aliphatic heterocycles. The molecule has 0 unspecified atom stereocenters. The zero-order chi connectivity index (χ0) is 10.9. The highest BCUT2D eigenvalue weighted by Crippen LogP contribution is 2.19. The minimum absolute atomic E-state index is 0.751. The predicted octanol–water partition coefficient (Wildman–Crippen LogP) is 3.25. The zero-order valence-corrected chi connectivity index (χ0v) is 10.6. The first-order valence-electron chi connectivity index (χ1n) is 5.31. The van der Waals surface area contributed by atoms with Crippen LogP contribution in [0.25, 0.3) is 0 Å². The minimum atomic E-state index is 0.751. The molecule has 1 nitrogen and oxygen atoms in total. The van der Waals surface area contributed by atoms with Crippen molar-refractivity contribution in [2.45, 2.75) is 19.3 Å². The quantitative estimate of drug-likeness (QED) is 0.551. The molecule has 0 atom stereocenters. The summed E-state index contributed by atoms with van der Waals surface area (Å²) in [5, 5.41) is 0. The molecular weight excluding hydrogens is 224 g/mol. The van der Waals surface area contributed by atoms with E-state index in [1.807, 2.05) is 12.1 Å². The van der Waals surface area contributed by atoms with Crippen LogP contribution < -0.4 is 4.74 Å². The summed E-state index contributed by atoms with van der Waals surface area (Å²) >= 11 is 8.38. The fourth-order valence-corrected chi connectivity index (χ4v) is 1.65. The summed E-state index contributed by atoms with van der Waals surface area (Å²) in [6.07, 6.45) is 3.13. The largest absolute Gasteiger partial charge is 0.493 e. The number of aryl methyl sites for hydroxylation is 1. The maximum Gasteiger partial charge on any atom is 0.122 e. The SMILES string of the molecule is SCCCOc1ccccc1CCCS. The highest BCUT2D eigenvalue weighted by molar-refractivity contribution is 7.80. The molecule has 0 aliphatic carbocycles. The van der Waals surface area contributed by atoms with E-state index in [0.29, 0.717) is 0 Å².